The number of carboxylic acid groups (broad SMARTS) is 1. The van der Waals surface area contributed by atoms with Crippen LogP contribution in [0.25, 0.3) is 0 Å². The second kappa shape index (κ2) is 4.51. The van der Waals surface area contributed by atoms with Crippen LogP contribution in [0.1, 0.15) is 54.1 Å². The van der Waals surface area contributed by atoms with E-state index < -0.39 is 5.97 Å². The predicted molar refractivity (Wildman–Crippen MR) is 61.4 cm³/mol. The predicted octanol–water partition coefficient (Wildman–Crippen LogP) is 2.41. The minimum Gasteiger partial charge on any atom is -0.476 e. The SMILES string of the molecule is Nc1cc(C2CCCCC2)cnc1C(=O)O. The molecule has 0 aromatic carbocycles. The van der Waals surface area contributed by atoms with Crippen molar-refractivity contribution in [3.8, 4) is 0 Å². The van der Waals surface area contributed by atoms with Crippen molar-refractivity contribution < 1.29 is 9.90 Å². The fourth-order valence-electron chi connectivity index (χ4n) is 2.34. The third kappa shape index (κ3) is 2.15. The first-order valence-electron chi connectivity index (χ1n) is 5.67. The van der Waals surface area contributed by atoms with Gasteiger partial charge >= 0.3 is 5.97 Å². The molecule has 1 fully saturated rings. The first-order chi connectivity index (χ1) is 7.68. The Morgan fingerprint density at radius 1 is 1.38 bits per heavy atom. The molecule has 4 heteroatoms. The van der Waals surface area contributed by atoms with E-state index in [2.05, 4.69) is 4.98 Å². The minimum absolute atomic E-state index is 0.0421. The largest absolute Gasteiger partial charge is 0.476 e. The summed E-state index contributed by atoms with van der Waals surface area (Å²) in [5, 5.41) is 8.82. The van der Waals surface area contributed by atoms with Crippen molar-refractivity contribution in [2.24, 2.45) is 0 Å². The van der Waals surface area contributed by atoms with Crippen molar-refractivity contribution in [1.29, 1.82) is 0 Å². The lowest BCUT2D eigenvalue weighted by atomic mass is 9.84. The Balaban J connectivity index is 2.23. The number of pyridine rings is 1. The smallest absolute Gasteiger partial charge is 0.356 e. The molecule has 2 rings (SSSR count). The van der Waals surface area contributed by atoms with E-state index in [1.807, 2.05) is 0 Å². The molecule has 1 aliphatic carbocycles. The lowest BCUT2D eigenvalue weighted by molar-refractivity contribution is 0.0691. The summed E-state index contributed by atoms with van der Waals surface area (Å²) in [6.07, 6.45) is 7.76. The molecule has 1 aliphatic rings. The number of aromatic nitrogens is 1. The highest BCUT2D eigenvalue weighted by molar-refractivity contribution is 5.91. The summed E-state index contributed by atoms with van der Waals surface area (Å²) < 4.78 is 0. The van der Waals surface area contributed by atoms with Gasteiger partial charge in [0.1, 0.15) is 0 Å². The average Bonchev–Trinajstić information content (AvgIpc) is 2.29. The Kier molecular flexibility index (Phi) is 3.08. The van der Waals surface area contributed by atoms with Gasteiger partial charge in [-0.3, -0.25) is 0 Å². The first kappa shape index (κ1) is 10.9. The topological polar surface area (TPSA) is 76.2 Å². The van der Waals surface area contributed by atoms with Gasteiger partial charge in [0, 0.05) is 6.20 Å². The van der Waals surface area contributed by atoms with Crippen LogP contribution in [0.3, 0.4) is 0 Å². The maximum atomic E-state index is 10.8. The lowest BCUT2D eigenvalue weighted by Crippen LogP contribution is -2.09. The molecule has 0 bridgehead atoms. The van der Waals surface area contributed by atoms with E-state index in [1.165, 1.54) is 19.3 Å². The molecule has 0 atom stereocenters. The van der Waals surface area contributed by atoms with Crippen LogP contribution in [-0.4, -0.2) is 16.1 Å². The zero-order chi connectivity index (χ0) is 11.5. The number of nitrogens with zero attached hydrogens (tertiary/aromatic N) is 1. The third-order valence-electron chi connectivity index (χ3n) is 3.22. The van der Waals surface area contributed by atoms with Gasteiger partial charge in [0.2, 0.25) is 0 Å². The summed E-state index contributed by atoms with van der Waals surface area (Å²) in [7, 11) is 0. The van der Waals surface area contributed by atoms with Crippen LogP contribution in [0.15, 0.2) is 12.3 Å². The Morgan fingerprint density at radius 3 is 2.62 bits per heavy atom. The van der Waals surface area contributed by atoms with Gasteiger partial charge in [0.25, 0.3) is 0 Å². The molecule has 0 unspecified atom stereocenters. The number of anilines is 1. The van der Waals surface area contributed by atoms with Crippen molar-refractivity contribution in [2.75, 3.05) is 5.73 Å². The van der Waals surface area contributed by atoms with E-state index in [-0.39, 0.29) is 11.4 Å². The molecular weight excluding hydrogens is 204 g/mol. The Labute approximate surface area is 94.5 Å². The number of nitrogen functional groups attached to an aromatic ring is 1. The lowest BCUT2D eigenvalue weighted by Gasteiger charge is -2.21. The fraction of sp³-hybridized carbons (Fsp3) is 0.500. The van der Waals surface area contributed by atoms with Crippen LogP contribution < -0.4 is 5.73 Å². The van der Waals surface area contributed by atoms with E-state index in [0.29, 0.717) is 5.92 Å². The molecule has 16 heavy (non-hydrogen) atoms. The van der Waals surface area contributed by atoms with Gasteiger partial charge in [-0.1, -0.05) is 19.3 Å². The highest BCUT2D eigenvalue weighted by Gasteiger charge is 2.18. The van der Waals surface area contributed by atoms with Crippen LogP contribution in [0.2, 0.25) is 0 Å². The van der Waals surface area contributed by atoms with Crippen LogP contribution in [0.5, 0.6) is 0 Å². The van der Waals surface area contributed by atoms with E-state index in [9.17, 15) is 4.79 Å². The maximum Gasteiger partial charge on any atom is 0.356 e. The fourth-order valence-corrected chi connectivity index (χ4v) is 2.34. The van der Waals surface area contributed by atoms with Crippen molar-refractivity contribution in [3.63, 3.8) is 0 Å². The van der Waals surface area contributed by atoms with Crippen molar-refractivity contribution in [1.82, 2.24) is 4.98 Å². The zero-order valence-corrected chi connectivity index (χ0v) is 9.15. The molecule has 1 aromatic rings. The maximum absolute atomic E-state index is 10.8. The van der Waals surface area contributed by atoms with E-state index in [0.717, 1.165) is 18.4 Å². The van der Waals surface area contributed by atoms with Gasteiger partial charge in [-0.15, -0.1) is 0 Å². The summed E-state index contributed by atoms with van der Waals surface area (Å²) in [6, 6.07) is 1.77. The summed E-state index contributed by atoms with van der Waals surface area (Å²) in [5.41, 5.74) is 7.00. The van der Waals surface area contributed by atoms with Gasteiger partial charge in [-0.25, -0.2) is 9.78 Å². The van der Waals surface area contributed by atoms with E-state index in [4.69, 9.17) is 10.8 Å². The Morgan fingerprint density at radius 2 is 2.06 bits per heavy atom. The quantitative estimate of drug-likeness (QED) is 0.802. The molecule has 0 aliphatic heterocycles. The molecule has 4 nitrogen and oxygen atoms in total. The Bertz CT molecular complexity index is 398. The second-order valence-corrected chi connectivity index (χ2v) is 4.35. The van der Waals surface area contributed by atoms with Gasteiger partial charge in [-0.05, 0) is 30.4 Å². The Hall–Kier alpha value is -1.58. The highest BCUT2D eigenvalue weighted by Crippen LogP contribution is 2.33. The molecule has 3 N–H and O–H groups in total. The van der Waals surface area contributed by atoms with E-state index in [1.54, 1.807) is 12.3 Å². The molecule has 1 aromatic heterocycles. The highest BCUT2D eigenvalue weighted by atomic mass is 16.4. The van der Waals surface area contributed by atoms with E-state index >= 15 is 0 Å². The van der Waals surface area contributed by atoms with Gasteiger partial charge in [0.15, 0.2) is 5.69 Å². The van der Waals surface area contributed by atoms with Gasteiger partial charge in [0.05, 0.1) is 5.69 Å². The van der Waals surface area contributed by atoms with Gasteiger partial charge in [-0.2, -0.15) is 0 Å². The monoisotopic (exact) mass is 220 g/mol. The number of hydrogen-bond acceptors (Lipinski definition) is 3. The number of nitrogens with two attached hydrogens (primary N) is 1. The van der Waals surface area contributed by atoms with Crippen molar-refractivity contribution in [3.05, 3.63) is 23.5 Å². The zero-order valence-electron chi connectivity index (χ0n) is 9.15. The summed E-state index contributed by atoms with van der Waals surface area (Å²) in [5.74, 6) is -0.556. The normalized spacial score (nSPS) is 17.2. The van der Waals surface area contributed by atoms with Crippen molar-refractivity contribution in [2.45, 2.75) is 38.0 Å². The molecular formula is C12H16N2O2. The van der Waals surface area contributed by atoms with Gasteiger partial charge < -0.3 is 10.8 Å². The molecule has 86 valence electrons. The summed E-state index contributed by atoms with van der Waals surface area (Å²) in [4.78, 5) is 14.7. The molecule has 0 radical (unpaired) electrons. The van der Waals surface area contributed by atoms with Crippen LogP contribution in [0, 0.1) is 0 Å². The van der Waals surface area contributed by atoms with Crippen LogP contribution in [-0.2, 0) is 0 Å². The summed E-state index contributed by atoms with van der Waals surface area (Å²) >= 11 is 0. The number of carbonyl (C=O) groups is 1. The molecule has 1 saturated carbocycles. The average molecular weight is 220 g/mol. The standard InChI is InChI=1S/C12H16N2O2/c13-10-6-9(7-14-11(10)12(15)16)8-4-2-1-3-5-8/h6-8H,1-5,13H2,(H,15,16). The minimum atomic E-state index is -1.06. The number of aromatic carboxylic acids is 1. The molecule has 1 heterocycles. The third-order valence-corrected chi connectivity index (χ3v) is 3.22. The van der Waals surface area contributed by atoms with Crippen LogP contribution >= 0.6 is 0 Å². The van der Waals surface area contributed by atoms with Crippen LogP contribution in [0.4, 0.5) is 5.69 Å². The summed E-state index contributed by atoms with van der Waals surface area (Å²) in [6.45, 7) is 0. The number of hydrogen-bond donors (Lipinski definition) is 2. The van der Waals surface area contributed by atoms with Crippen molar-refractivity contribution >= 4 is 11.7 Å². The molecule has 0 saturated heterocycles. The molecule has 0 spiro atoms. The number of rotatable bonds is 2. The second-order valence-electron chi connectivity index (χ2n) is 4.35. The first-order valence-corrected chi connectivity index (χ1v) is 5.67. The molecule has 0 amide bonds. The number of carboxylic acids is 1.